The Morgan fingerprint density at radius 3 is 2.48 bits per heavy atom. The third-order valence-corrected chi connectivity index (χ3v) is 5.56. The summed E-state index contributed by atoms with van der Waals surface area (Å²) in [5.41, 5.74) is -0.163. The van der Waals surface area contributed by atoms with Crippen LogP contribution in [0.4, 0.5) is 0 Å². The van der Waals surface area contributed by atoms with Crippen molar-refractivity contribution < 1.29 is 4.79 Å². The molecule has 138 valence electrons. The Kier molecular flexibility index (Phi) is 5.73. The maximum absolute atomic E-state index is 12.7. The van der Waals surface area contributed by atoms with E-state index in [0.29, 0.717) is 17.3 Å². The number of amides is 1. The Morgan fingerprint density at radius 2 is 1.76 bits per heavy atom. The quantitative estimate of drug-likeness (QED) is 0.845. The van der Waals surface area contributed by atoms with Gasteiger partial charge in [-0.25, -0.2) is 4.79 Å². The van der Waals surface area contributed by atoms with Crippen LogP contribution in [0.1, 0.15) is 49.8 Å². The zero-order valence-corrected chi connectivity index (χ0v) is 15.0. The van der Waals surface area contributed by atoms with Gasteiger partial charge in [0.2, 0.25) is 5.91 Å². The average Bonchev–Trinajstić information content (AvgIpc) is 2.85. The number of carbonyl (C=O) groups is 1. The van der Waals surface area contributed by atoms with Crippen LogP contribution in [0, 0.1) is 6.92 Å². The van der Waals surface area contributed by atoms with Gasteiger partial charge in [0, 0.05) is 43.5 Å². The lowest BCUT2D eigenvalue weighted by Gasteiger charge is -2.33. The van der Waals surface area contributed by atoms with Gasteiger partial charge >= 0.3 is 5.69 Å². The SMILES string of the molecule is Cc1[nH]c(=O)[nH]c(=O)c1CC(=O)N1CCCN(C2CCCCC2)CC1. The van der Waals surface area contributed by atoms with Crippen molar-refractivity contribution in [3.63, 3.8) is 0 Å². The molecule has 1 aromatic heterocycles. The number of carbonyl (C=O) groups excluding carboxylic acids is 1. The molecule has 0 unspecified atom stereocenters. The summed E-state index contributed by atoms with van der Waals surface area (Å²) in [4.78, 5) is 45.1. The van der Waals surface area contributed by atoms with E-state index < -0.39 is 11.2 Å². The molecule has 0 spiro atoms. The topological polar surface area (TPSA) is 89.3 Å². The zero-order chi connectivity index (χ0) is 17.8. The second kappa shape index (κ2) is 7.99. The number of hydrogen-bond acceptors (Lipinski definition) is 4. The van der Waals surface area contributed by atoms with Gasteiger partial charge < -0.3 is 9.88 Å². The van der Waals surface area contributed by atoms with E-state index in [1.807, 2.05) is 4.90 Å². The predicted octanol–water partition coefficient (Wildman–Crippen LogP) is 0.781. The summed E-state index contributed by atoms with van der Waals surface area (Å²) in [5, 5.41) is 0. The summed E-state index contributed by atoms with van der Waals surface area (Å²) in [6.07, 6.45) is 7.56. The van der Waals surface area contributed by atoms with Gasteiger partial charge in [0.15, 0.2) is 0 Å². The number of aromatic nitrogens is 2. The van der Waals surface area contributed by atoms with E-state index in [-0.39, 0.29) is 12.3 Å². The summed E-state index contributed by atoms with van der Waals surface area (Å²) < 4.78 is 0. The molecule has 3 rings (SSSR count). The largest absolute Gasteiger partial charge is 0.341 e. The fourth-order valence-corrected chi connectivity index (χ4v) is 4.10. The predicted molar refractivity (Wildman–Crippen MR) is 95.8 cm³/mol. The summed E-state index contributed by atoms with van der Waals surface area (Å²) in [6.45, 7) is 5.08. The van der Waals surface area contributed by atoms with Gasteiger partial charge in [-0.05, 0) is 26.2 Å². The Morgan fingerprint density at radius 1 is 1.00 bits per heavy atom. The van der Waals surface area contributed by atoms with Crippen LogP contribution >= 0.6 is 0 Å². The second-order valence-electron chi connectivity index (χ2n) is 7.25. The fraction of sp³-hybridized carbons (Fsp3) is 0.722. The molecule has 2 N–H and O–H groups in total. The van der Waals surface area contributed by atoms with Crippen molar-refractivity contribution in [2.45, 2.75) is 57.9 Å². The van der Waals surface area contributed by atoms with Crippen LogP contribution in [0.2, 0.25) is 0 Å². The summed E-state index contributed by atoms with van der Waals surface area (Å²) in [6, 6.07) is 0.674. The molecule has 0 radical (unpaired) electrons. The molecule has 0 aromatic carbocycles. The van der Waals surface area contributed by atoms with E-state index >= 15 is 0 Å². The molecule has 0 bridgehead atoms. The number of H-pyrrole nitrogens is 2. The first kappa shape index (κ1) is 17.9. The molecule has 1 aliphatic heterocycles. The van der Waals surface area contributed by atoms with Crippen molar-refractivity contribution in [1.82, 2.24) is 19.8 Å². The van der Waals surface area contributed by atoms with Gasteiger partial charge in [-0.1, -0.05) is 19.3 Å². The zero-order valence-electron chi connectivity index (χ0n) is 15.0. The minimum atomic E-state index is -0.531. The van der Waals surface area contributed by atoms with E-state index in [9.17, 15) is 14.4 Å². The molecule has 1 amide bonds. The van der Waals surface area contributed by atoms with Gasteiger partial charge in [-0.2, -0.15) is 0 Å². The highest BCUT2D eigenvalue weighted by Crippen LogP contribution is 2.23. The second-order valence-corrected chi connectivity index (χ2v) is 7.25. The van der Waals surface area contributed by atoms with Crippen LogP contribution in [0.25, 0.3) is 0 Å². The van der Waals surface area contributed by atoms with Crippen molar-refractivity contribution in [3.8, 4) is 0 Å². The number of nitrogens with one attached hydrogen (secondary N) is 2. The number of hydrogen-bond donors (Lipinski definition) is 2. The normalized spacial score (nSPS) is 20.4. The number of rotatable bonds is 3. The lowest BCUT2D eigenvalue weighted by Crippen LogP contribution is -2.41. The van der Waals surface area contributed by atoms with Crippen molar-refractivity contribution in [2.24, 2.45) is 0 Å². The maximum Gasteiger partial charge on any atom is 0.325 e. The third-order valence-electron chi connectivity index (χ3n) is 5.56. The molecule has 25 heavy (non-hydrogen) atoms. The van der Waals surface area contributed by atoms with Crippen LogP contribution < -0.4 is 11.2 Å². The van der Waals surface area contributed by atoms with Gasteiger partial charge in [-0.15, -0.1) is 0 Å². The standard InChI is InChI=1S/C18H28N4O3/c1-13-15(17(24)20-18(25)19-13)12-16(23)22-9-5-8-21(10-11-22)14-6-3-2-4-7-14/h14H,2-12H2,1H3,(H2,19,20,24,25). The van der Waals surface area contributed by atoms with Gasteiger partial charge in [-0.3, -0.25) is 19.5 Å². The first-order valence-corrected chi connectivity index (χ1v) is 9.38. The molecule has 7 nitrogen and oxygen atoms in total. The maximum atomic E-state index is 12.7. The van der Waals surface area contributed by atoms with E-state index in [1.54, 1.807) is 6.92 Å². The minimum absolute atomic E-state index is 0.0360. The van der Waals surface area contributed by atoms with Gasteiger partial charge in [0.05, 0.1) is 6.42 Å². The smallest absolute Gasteiger partial charge is 0.325 e. The molecule has 0 atom stereocenters. The Bertz CT molecular complexity index is 718. The molecular weight excluding hydrogens is 320 g/mol. The Balaban J connectivity index is 1.61. The molecule has 7 heteroatoms. The van der Waals surface area contributed by atoms with Crippen molar-refractivity contribution in [1.29, 1.82) is 0 Å². The molecule has 1 saturated heterocycles. The van der Waals surface area contributed by atoms with E-state index in [4.69, 9.17) is 0 Å². The molecule has 1 saturated carbocycles. The summed E-state index contributed by atoms with van der Waals surface area (Å²) >= 11 is 0. The van der Waals surface area contributed by atoms with Crippen LogP contribution in [0.5, 0.6) is 0 Å². The van der Waals surface area contributed by atoms with Crippen molar-refractivity contribution in [3.05, 3.63) is 32.1 Å². The number of aryl methyl sites for hydroxylation is 1. The molecule has 2 heterocycles. The Labute approximate surface area is 147 Å². The fourth-order valence-electron chi connectivity index (χ4n) is 4.10. The van der Waals surface area contributed by atoms with Crippen LogP contribution in [-0.2, 0) is 11.2 Å². The molecule has 1 aromatic rings. The first-order chi connectivity index (χ1) is 12.0. The summed E-state index contributed by atoms with van der Waals surface area (Å²) in [5.74, 6) is -0.0360. The first-order valence-electron chi connectivity index (χ1n) is 9.38. The van der Waals surface area contributed by atoms with Crippen molar-refractivity contribution >= 4 is 5.91 Å². The highest BCUT2D eigenvalue weighted by molar-refractivity contribution is 5.78. The van der Waals surface area contributed by atoms with Gasteiger partial charge in [0.25, 0.3) is 5.56 Å². The highest BCUT2D eigenvalue weighted by Gasteiger charge is 2.25. The van der Waals surface area contributed by atoms with Crippen LogP contribution in [0.15, 0.2) is 9.59 Å². The molecular formula is C18H28N4O3. The molecule has 1 aliphatic carbocycles. The monoisotopic (exact) mass is 348 g/mol. The summed E-state index contributed by atoms with van der Waals surface area (Å²) in [7, 11) is 0. The van der Waals surface area contributed by atoms with E-state index in [2.05, 4.69) is 14.9 Å². The Hall–Kier alpha value is -1.89. The van der Waals surface area contributed by atoms with Crippen LogP contribution in [0.3, 0.4) is 0 Å². The van der Waals surface area contributed by atoms with E-state index in [0.717, 1.165) is 32.6 Å². The third kappa shape index (κ3) is 4.39. The van der Waals surface area contributed by atoms with Gasteiger partial charge in [0.1, 0.15) is 0 Å². The molecule has 2 aliphatic rings. The van der Waals surface area contributed by atoms with Crippen molar-refractivity contribution in [2.75, 3.05) is 26.2 Å². The lowest BCUT2D eigenvalue weighted by molar-refractivity contribution is -0.130. The van der Waals surface area contributed by atoms with Crippen LogP contribution in [-0.4, -0.2) is 57.9 Å². The highest BCUT2D eigenvalue weighted by atomic mass is 16.2. The minimum Gasteiger partial charge on any atom is -0.341 e. The number of nitrogens with zero attached hydrogens (tertiary/aromatic N) is 2. The van der Waals surface area contributed by atoms with E-state index in [1.165, 1.54) is 32.1 Å². The number of aromatic amines is 2. The molecule has 2 fully saturated rings. The average molecular weight is 348 g/mol. The lowest BCUT2D eigenvalue weighted by atomic mass is 9.94.